The van der Waals surface area contributed by atoms with Gasteiger partial charge >= 0.3 is 5.97 Å². The van der Waals surface area contributed by atoms with Gasteiger partial charge in [0, 0.05) is 18.8 Å². The number of fused-ring (bicyclic) bond motifs is 1. The second kappa shape index (κ2) is 6.41. The number of carboxylic acids is 1. The van der Waals surface area contributed by atoms with Gasteiger partial charge in [0.15, 0.2) is 17.4 Å². The Balaban J connectivity index is 1.50. The van der Waals surface area contributed by atoms with Crippen LogP contribution in [0.3, 0.4) is 0 Å². The third-order valence-electron chi connectivity index (χ3n) is 4.79. The number of aromatic nitrogens is 5. The van der Waals surface area contributed by atoms with Gasteiger partial charge in [-0.25, -0.2) is 9.31 Å². The summed E-state index contributed by atoms with van der Waals surface area (Å²) < 4.78 is 7.05. The van der Waals surface area contributed by atoms with Crippen molar-refractivity contribution >= 4 is 29.1 Å². The lowest BCUT2D eigenvalue weighted by Gasteiger charge is -2.21. The van der Waals surface area contributed by atoms with Crippen LogP contribution < -0.4 is 10.2 Å². The van der Waals surface area contributed by atoms with Crippen molar-refractivity contribution in [3.8, 4) is 11.5 Å². The molecule has 0 aromatic carbocycles. The predicted octanol–water partition coefficient (Wildman–Crippen LogP) is 2.51. The van der Waals surface area contributed by atoms with E-state index in [0.29, 0.717) is 36.3 Å². The summed E-state index contributed by atoms with van der Waals surface area (Å²) in [4.78, 5) is 17.9. The highest BCUT2D eigenvalue weighted by Gasteiger charge is 2.33. The van der Waals surface area contributed by atoms with Gasteiger partial charge in [-0.1, -0.05) is 0 Å². The Morgan fingerprint density at radius 1 is 1.36 bits per heavy atom. The lowest BCUT2D eigenvalue weighted by Crippen LogP contribution is -2.37. The number of nitrogens with one attached hydrogen (secondary N) is 2. The van der Waals surface area contributed by atoms with Gasteiger partial charge in [-0.05, 0) is 37.1 Å². The first-order valence-corrected chi connectivity index (χ1v) is 8.90. The van der Waals surface area contributed by atoms with Gasteiger partial charge in [0.25, 0.3) is 0 Å². The SMILES string of the molecule is O=C(O)C1CCCN1c1nc(Nc2cc(-c3ccco3)[nH]n2)c2cccn2n1. The normalized spacial score (nSPS) is 16.7. The van der Waals surface area contributed by atoms with Crippen molar-refractivity contribution in [3.63, 3.8) is 0 Å². The quantitative estimate of drug-likeness (QED) is 0.483. The van der Waals surface area contributed by atoms with E-state index in [-0.39, 0.29) is 0 Å². The molecule has 1 aliphatic rings. The van der Waals surface area contributed by atoms with Crippen LogP contribution in [0.5, 0.6) is 0 Å². The van der Waals surface area contributed by atoms with Crippen LogP contribution in [0.4, 0.5) is 17.6 Å². The van der Waals surface area contributed by atoms with Crippen molar-refractivity contribution in [3.05, 3.63) is 42.8 Å². The Morgan fingerprint density at radius 3 is 3.11 bits per heavy atom. The third-order valence-corrected chi connectivity index (χ3v) is 4.79. The van der Waals surface area contributed by atoms with Gasteiger partial charge in [-0.2, -0.15) is 10.1 Å². The molecule has 0 saturated carbocycles. The van der Waals surface area contributed by atoms with E-state index in [1.54, 1.807) is 27.9 Å². The van der Waals surface area contributed by atoms with Crippen molar-refractivity contribution in [2.75, 3.05) is 16.8 Å². The van der Waals surface area contributed by atoms with Gasteiger partial charge in [0.1, 0.15) is 17.3 Å². The molecule has 0 amide bonds. The maximum atomic E-state index is 11.5. The zero-order valence-corrected chi connectivity index (χ0v) is 14.7. The Bertz CT molecular complexity index is 1130. The predicted molar refractivity (Wildman–Crippen MR) is 101 cm³/mol. The first kappa shape index (κ1) is 16.4. The molecule has 1 atom stereocenters. The second-order valence-electron chi connectivity index (χ2n) is 6.56. The average molecular weight is 379 g/mol. The van der Waals surface area contributed by atoms with E-state index in [4.69, 9.17) is 4.42 Å². The summed E-state index contributed by atoms with van der Waals surface area (Å²) in [6, 6.07) is 8.58. The molecule has 4 aromatic rings. The molecule has 5 rings (SSSR count). The van der Waals surface area contributed by atoms with Gasteiger partial charge in [-0.3, -0.25) is 5.10 Å². The van der Waals surface area contributed by atoms with Gasteiger partial charge < -0.3 is 19.7 Å². The van der Waals surface area contributed by atoms with Crippen LogP contribution in [0.15, 0.2) is 47.2 Å². The average Bonchev–Trinajstić information content (AvgIpc) is 3.47. The van der Waals surface area contributed by atoms with Crippen LogP contribution >= 0.6 is 0 Å². The number of aliphatic carboxylic acids is 1. The molecule has 0 bridgehead atoms. The number of hydrogen-bond acceptors (Lipinski definition) is 7. The van der Waals surface area contributed by atoms with E-state index in [2.05, 4.69) is 25.6 Å². The minimum atomic E-state index is -0.862. The molecule has 0 aliphatic carbocycles. The fourth-order valence-corrected chi connectivity index (χ4v) is 3.46. The highest BCUT2D eigenvalue weighted by atomic mass is 16.4. The minimum Gasteiger partial charge on any atom is -0.480 e. The van der Waals surface area contributed by atoms with E-state index in [1.807, 2.05) is 24.3 Å². The van der Waals surface area contributed by atoms with Crippen molar-refractivity contribution in [2.45, 2.75) is 18.9 Å². The molecule has 5 heterocycles. The van der Waals surface area contributed by atoms with E-state index >= 15 is 0 Å². The Hall–Kier alpha value is -3.82. The standard InChI is InChI=1S/C18H17N7O3/c26-17(27)13-5-1-7-24(13)18-20-16(12-4-2-8-25(12)23-18)19-15-10-11(21-22-15)14-6-3-9-28-14/h2-4,6,8-10,13H,1,5,7H2,(H,26,27)(H2,19,20,21,22,23). The highest BCUT2D eigenvalue weighted by Crippen LogP contribution is 2.28. The largest absolute Gasteiger partial charge is 0.480 e. The molecule has 4 aromatic heterocycles. The monoisotopic (exact) mass is 379 g/mol. The molecular weight excluding hydrogens is 362 g/mol. The number of anilines is 3. The zero-order chi connectivity index (χ0) is 19.1. The van der Waals surface area contributed by atoms with E-state index in [1.165, 1.54) is 0 Å². The number of H-pyrrole nitrogens is 1. The number of rotatable bonds is 5. The molecule has 1 aliphatic heterocycles. The van der Waals surface area contributed by atoms with Gasteiger partial charge in [0.05, 0.1) is 6.26 Å². The van der Waals surface area contributed by atoms with Gasteiger partial charge in [-0.15, -0.1) is 5.10 Å². The van der Waals surface area contributed by atoms with Crippen molar-refractivity contribution < 1.29 is 14.3 Å². The topological polar surface area (TPSA) is 125 Å². The van der Waals surface area contributed by atoms with Crippen molar-refractivity contribution in [2.24, 2.45) is 0 Å². The number of furan rings is 1. The Morgan fingerprint density at radius 2 is 2.29 bits per heavy atom. The fourth-order valence-electron chi connectivity index (χ4n) is 3.46. The van der Waals surface area contributed by atoms with Crippen LogP contribution in [0, 0.1) is 0 Å². The maximum Gasteiger partial charge on any atom is 0.326 e. The fraction of sp³-hybridized carbons (Fsp3) is 0.222. The molecule has 3 N–H and O–H groups in total. The molecule has 28 heavy (non-hydrogen) atoms. The van der Waals surface area contributed by atoms with Crippen LogP contribution in [0.2, 0.25) is 0 Å². The molecule has 142 valence electrons. The molecular formula is C18H17N7O3. The summed E-state index contributed by atoms with van der Waals surface area (Å²) in [6.07, 6.45) is 4.77. The molecule has 1 fully saturated rings. The summed E-state index contributed by atoms with van der Waals surface area (Å²) in [5, 5.41) is 24.3. The first-order valence-electron chi connectivity index (χ1n) is 8.90. The maximum absolute atomic E-state index is 11.5. The molecule has 0 radical (unpaired) electrons. The van der Waals surface area contributed by atoms with Crippen LogP contribution in [-0.2, 0) is 4.79 Å². The highest BCUT2D eigenvalue weighted by molar-refractivity contribution is 5.79. The summed E-state index contributed by atoms with van der Waals surface area (Å²) in [5.74, 6) is 1.30. The minimum absolute atomic E-state index is 0.373. The van der Waals surface area contributed by atoms with E-state index < -0.39 is 12.0 Å². The molecule has 1 saturated heterocycles. The lowest BCUT2D eigenvalue weighted by atomic mass is 10.2. The number of hydrogen-bond donors (Lipinski definition) is 3. The van der Waals surface area contributed by atoms with Crippen molar-refractivity contribution in [1.29, 1.82) is 0 Å². The van der Waals surface area contributed by atoms with Crippen molar-refractivity contribution in [1.82, 2.24) is 24.8 Å². The molecule has 10 heteroatoms. The number of carbonyl (C=O) groups is 1. The molecule has 0 spiro atoms. The van der Waals surface area contributed by atoms with Gasteiger partial charge in [0.2, 0.25) is 5.95 Å². The van der Waals surface area contributed by atoms with E-state index in [0.717, 1.165) is 17.6 Å². The first-order chi connectivity index (χ1) is 13.7. The Labute approximate surface area is 158 Å². The zero-order valence-electron chi connectivity index (χ0n) is 14.7. The van der Waals surface area contributed by atoms with Crippen LogP contribution in [0.25, 0.3) is 17.0 Å². The number of aromatic amines is 1. The lowest BCUT2D eigenvalue weighted by molar-refractivity contribution is -0.138. The van der Waals surface area contributed by atoms with Crippen LogP contribution in [0.1, 0.15) is 12.8 Å². The molecule has 10 nitrogen and oxygen atoms in total. The number of carboxylic acid groups (broad SMARTS) is 1. The smallest absolute Gasteiger partial charge is 0.326 e. The van der Waals surface area contributed by atoms with Crippen LogP contribution in [-0.4, -0.2) is 48.5 Å². The third kappa shape index (κ3) is 2.75. The number of nitrogens with zero attached hydrogens (tertiary/aromatic N) is 5. The van der Waals surface area contributed by atoms with E-state index in [9.17, 15) is 9.90 Å². The Kier molecular flexibility index (Phi) is 3.75. The summed E-state index contributed by atoms with van der Waals surface area (Å²) >= 11 is 0. The second-order valence-corrected chi connectivity index (χ2v) is 6.56. The summed E-state index contributed by atoms with van der Waals surface area (Å²) in [7, 11) is 0. The molecule has 1 unspecified atom stereocenters. The summed E-state index contributed by atoms with van der Waals surface area (Å²) in [6.45, 7) is 0.605. The summed E-state index contributed by atoms with van der Waals surface area (Å²) in [5.41, 5.74) is 1.50.